The van der Waals surface area contributed by atoms with Crippen molar-refractivity contribution in [3.63, 3.8) is 0 Å². The molecule has 5 nitrogen and oxygen atoms in total. The molecule has 3 aliphatic carbocycles. The van der Waals surface area contributed by atoms with Gasteiger partial charge in [0.05, 0.1) is 5.57 Å². The molecule has 3 aliphatic rings. The maximum atomic E-state index is 13.5. The highest BCUT2D eigenvalue weighted by molar-refractivity contribution is 6.36. The lowest BCUT2D eigenvalue weighted by atomic mass is 9.44. The third-order valence-corrected chi connectivity index (χ3v) is 7.16. The Balaban J connectivity index is 2.37. The molecule has 0 saturated heterocycles. The summed E-state index contributed by atoms with van der Waals surface area (Å²) in [6.45, 7) is 9.79. The van der Waals surface area contributed by atoms with Gasteiger partial charge in [-0.25, -0.2) is 0 Å². The van der Waals surface area contributed by atoms with Gasteiger partial charge in [0.15, 0.2) is 23.5 Å². The topological polar surface area (TPSA) is 69.7 Å². The van der Waals surface area contributed by atoms with E-state index in [0.717, 1.165) is 12.8 Å². The van der Waals surface area contributed by atoms with Gasteiger partial charge in [-0.3, -0.25) is 14.4 Å². The largest absolute Gasteiger partial charge is 0.374 e. The van der Waals surface area contributed by atoms with Crippen LogP contribution in [0.5, 0.6) is 0 Å². The van der Waals surface area contributed by atoms with Gasteiger partial charge in [-0.15, -0.1) is 0 Å². The summed E-state index contributed by atoms with van der Waals surface area (Å²) in [6, 6.07) is 0. The van der Waals surface area contributed by atoms with Crippen molar-refractivity contribution in [2.45, 2.75) is 65.6 Å². The van der Waals surface area contributed by atoms with Gasteiger partial charge in [-0.2, -0.15) is 0 Å². The maximum Gasteiger partial charge on any atom is 0.198 e. The van der Waals surface area contributed by atoms with Crippen LogP contribution in [-0.4, -0.2) is 43.3 Å². The van der Waals surface area contributed by atoms with Gasteiger partial charge >= 0.3 is 0 Å². The van der Waals surface area contributed by atoms with E-state index >= 15 is 0 Å². The number of rotatable bonds is 3. The zero-order valence-electron chi connectivity index (χ0n) is 17.4. The number of fused-ring (bicyclic) bond motifs is 2. The van der Waals surface area contributed by atoms with E-state index in [9.17, 15) is 14.4 Å². The van der Waals surface area contributed by atoms with Crippen LogP contribution in [0, 0.1) is 16.7 Å². The average Bonchev–Trinajstić information content (AvgIpc) is 2.57. The number of hydrogen-bond acceptors (Lipinski definition) is 5. The molecule has 0 radical (unpaired) electrons. The summed E-state index contributed by atoms with van der Waals surface area (Å²) >= 11 is 0. The van der Waals surface area contributed by atoms with Crippen molar-refractivity contribution in [2.24, 2.45) is 16.7 Å². The highest BCUT2D eigenvalue weighted by Crippen LogP contribution is 2.64. The molecule has 0 aromatic carbocycles. The summed E-state index contributed by atoms with van der Waals surface area (Å²) in [5, 5.41) is 0. The third-order valence-electron chi connectivity index (χ3n) is 7.16. The summed E-state index contributed by atoms with van der Waals surface area (Å²) in [6.07, 6.45) is 2.91. The highest BCUT2D eigenvalue weighted by atomic mass is 16.5. The number of Topliss-reactive ketones (excluding diaryl/α,β-unsaturated/α-hetero) is 2. The first-order valence-corrected chi connectivity index (χ1v) is 9.67. The molecule has 0 heterocycles. The van der Waals surface area contributed by atoms with Crippen molar-refractivity contribution in [3.8, 4) is 0 Å². The van der Waals surface area contributed by atoms with Gasteiger partial charge in [0.2, 0.25) is 0 Å². The van der Waals surface area contributed by atoms with E-state index in [1.807, 2.05) is 20.8 Å². The molecule has 3 rings (SSSR count). The molecule has 3 unspecified atom stereocenters. The first-order chi connectivity index (χ1) is 12.5. The number of ether oxygens (including phenoxy) is 2. The van der Waals surface area contributed by atoms with E-state index in [1.54, 1.807) is 7.11 Å². The second-order valence-electron chi connectivity index (χ2n) is 9.19. The molecule has 1 fully saturated rings. The van der Waals surface area contributed by atoms with E-state index in [1.165, 1.54) is 13.2 Å². The Morgan fingerprint density at radius 1 is 1.07 bits per heavy atom. The fourth-order valence-electron chi connectivity index (χ4n) is 6.03. The van der Waals surface area contributed by atoms with E-state index in [4.69, 9.17) is 9.47 Å². The van der Waals surface area contributed by atoms with E-state index in [0.29, 0.717) is 17.6 Å². The van der Waals surface area contributed by atoms with Gasteiger partial charge in [0.1, 0.15) is 5.60 Å². The standard InChI is InChI=1S/C22H30O5/c1-12(2)13-11-14(23)16-15(17(13)24)18(25)19(26-6)22(27-7)20(3,4)9-8-10-21(16,22)5/h11-12,19H,8-10H2,1-7H3. The minimum atomic E-state index is -1.01. The maximum absolute atomic E-state index is 13.5. The molecule has 1 saturated carbocycles. The summed E-state index contributed by atoms with van der Waals surface area (Å²) in [5.74, 6) is -1.13. The Morgan fingerprint density at radius 3 is 2.22 bits per heavy atom. The lowest BCUT2D eigenvalue weighted by Crippen LogP contribution is -2.72. The van der Waals surface area contributed by atoms with Crippen LogP contribution < -0.4 is 0 Å². The van der Waals surface area contributed by atoms with Gasteiger partial charge in [0.25, 0.3) is 0 Å². The number of ketones is 3. The van der Waals surface area contributed by atoms with Crippen LogP contribution >= 0.6 is 0 Å². The average molecular weight is 374 g/mol. The van der Waals surface area contributed by atoms with Crippen LogP contribution in [0.25, 0.3) is 0 Å². The molecular formula is C22H30O5. The molecule has 0 bridgehead atoms. The number of methoxy groups -OCH3 is 2. The molecule has 0 aromatic heterocycles. The highest BCUT2D eigenvalue weighted by Gasteiger charge is 2.71. The quantitative estimate of drug-likeness (QED) is 0.560. The molecule has 0 amide bonds. The number of hydrogen-bond donors (Lipinski definition) is 0. The Hall–Kier alpha value is -1.59. The Bertz CT molecular complexity index is 785. The lowest BCUT2D eigenvalue weighted by Gasteiger charge is -2.64. The monoisotopic (exact) mass is 374 g/mol. The summed E-state index contributed by atoms with van der Waals surface area (Å²) in [4.78, 5) is 39.9. The third kappa shape index (κ3) is 2.27. The van der Waals surface area contributed by atoms with Crippen LogP contribution in [-0.2, 0) is 23.9 Å². The fraction of sp³-hybridized carbons (Fsp3) is 0.682. The summed E-state index contributed by atoms with van der Waals surface area (Å²) in [5.41, 5.74) is -1.46. The normalized spacial score (nSPS) is 35.9. The molecule has 0 N–H and O–H groups in total. The van der Waals surface area contributed by atoms with Gasteiger partial charge in [-0.05, 0) is 30.3 Å². The molecule has 148 valence electrons. The summed E-state index contributed by atoms with van der Waals surface area (Å²) < 4.78 is 11.8. The molecule has 0 spiro atoms. The van der Waals surface area contributed by atoms with Crippen LogP contribution in [0.2, 0.25) is 0 Å². The smallest absolute Gasteiger partial charge is 0.198 e. The van der Waals surface area contributed by atoms with Gasteiger partial charge in [-0.1, -0.05) is 41.0 Å². The van der Waals surface area contributed by atoms with Crippen LogP contribution in [0.15, 0.2) is 22.8 Å². The lowest BCUT2D eigenvalue weighted by molar-refractivity contribution is -0.246. The van der Waals surface area contributed by atoms with E-state index in [2.05, 4.69) is 13.8 Å². The van der Waals surface area contributed by atoms with Crippen molar-refractivity contribution < 1.29 is 23.9 Å². The second-order valence-corrected chi connectivity index (χ2v) is 9.19. The zero-order chi connectivity index (χ0) is 20.4. The van der Waals surface area contributed by atoms with Crippen LogP contribution in [0.4, 0.5) is 0 Å². The van der Waals surface area contributed by atoms with Gasteiger partial charge < -0.3 is 9.47 Å². The minimum absolute atomic E-state index is 0.0194. The first-order valence-electron chi connectivity index (χ1n) is 9.67. The number of allylic oxidation sites excluding steroid dienone is 2. The number of carbonyl (C=O) groups excluding carboxylic acids is 3. The van der Waals surface area contributed by atoms with Crippen molar-refractivity contribution >= 4 is 17.3 Å². The molecule has 27 heavy (non-hydrogen) atoms. The predicted molar refractivity (Wildman–Crippen MR) is 101 cm³/mol. The van der Waals surface area contributed by atoms with Crippen LogP contribution in [0.1, 0.15) is 53.9 Å². The Labute approximate surface area is 161 Å². The van der Waals surface area contributed by atoms with Gasteiger partial charge in [0, 0.05) is 30.8 Å². The van der Waals surface area contributed by atoms with Crippen molar-refractivity contribution in [1.29, 1.82) is 0 Å². The van der Waals surface area contributed by atoms with Crippen LogP contribution in [0.3, 0.4) is 0 Å². The number of carbonyl (C=O) groups is 3. The van der Waals surface area contributed by atoms with Crippen molar-refractivity contribution in [3.05, 3.63) is 22.8 Å². The Morgan fingerprint density at radius 2 is 1.70 bits per heavy atom. The zero-order valence-corrected chi connectivity index (χ0v) is 17.4. The molecule has 0 aromatic rings. The SMILES string of the molecule is COC1C(=O)C2=C(C(=O)C=C(C(C)C)C2=O)C2(C)CCCC(C)(C)C12OC. The van der Waals surface area contributed by atoms with E-state index < -0.39 is 28.3 Å². The first kappa shape index (κ1) is 20.2. The van der Waals surface area contributed by atoms with E-state index in [-0.39, 0.29) is 23.1 Å². The second kappa shape index (κ2) is 6.21. The molecule has 3 atom stereocenters. The minimum Gasteiger partial charge on any atom is -0.374 e. The molecule has 5 heteroatoms. The molecule has 0 aliphatic heterocycles. The summed E-state index contributed by atoms with van der Waals surface area (Å²) in [7, 11) is 3.06. The molecular weight excluding hydrogens is 344 g/mol. The predicted octanol–water partition coefficient (Wildman–Crippen LogP) is 3.22. The van der Waals surface area contributed by atoms with Crippen molar-refractivity contribution in [1.82, 2.24) is 0 Å². The fourth-order valence-corrected chi connectivity index (χ4v) is 6.03. The Kier molecular flexibility index (Phi) is 4.64. The van der Waals surface area contributed by atoms with Crippen molar-refractivity contribution in [2.75, 3.05) is 14.2 Å².